The third-order valence-electron chi connectivity index (χ3n) is 16.0. The second kappa shape index (κ2) is 64.9. The summed E-state index contributed by atoms with van der Waals surface area (Å²) in [4.78, 5) is 24.5. The maximum Gasteiger partial charge on any atom is 0.305 e. The molecule has 2 unspecified atom stereocenters. The van der Waals surface area contributed by atoms with E-state index in [2.05, 4.69) is 31.3 Å². The number of carbonyl (C=O) groups excluding carboxylic acids is 2. The van der Waals surface area contributed by atoms with Crippen molar-refractivity contribution >= 4 is 11.9 Å². The average Bonchev–Trinajstić information content (AvgIpc) is 3.41. The number of esters is 1. The highest BCUT2D eigenvalue weighted by molar-refractivity contribution is 5.76. The van der Waals surface area contributed by atoms with Crippen LogP contribution in [0.25, 0.3) is 0 Å². The number of rotatable bonds is 64. The Kier molecular flexibility index (Phi) is 63.4. The monoisotopic (exact) mass is 1060 g/mol. The van der Waals surface area contributed by atoms with Gasteiger partial charge >= 0.3 is 5.97 Å². The van der Waals surface area contributed by atoms with E-state index in [-0.39, 0.29) is 18.5 Å². The highest BCUT2D eigenvalue weighted by Gasteiger charge is 2.18. The van der Waals surface area contributed by atoms with E-state index in [1.807, 2.05) is 6.08 Å². The third kappa shape index (κ3) is 61.4. The molecule has 2 atom stereocenters. The molecule has 0 saturated carbocycles. The molecule has 75 heavy (non-hydrogen) atoms. The predicted octanol–water partition coefficient (Wildman–Crippen LogP) is 21.8. The second-order valence-electron chi connectivity index (χ2n) is 23.5. The molecule has 6 heteroatoms. The maximum absolute atomic E-state index is 12.5. The number of carbonyl (C=O) groups is 2. The van der Waals surface area contributed by atoms with Crippen LogP contribution in [0.3, 0.4) is 0 Å². The van der Waals surface area contributed by atoms with E-state index >= 15 is 0 Å². The molecule has 444 valence electrons. The maximum atomic E-state index is 12.5. The molecule has 0 bridgehead atoms. The minimum Gasteiger partial charge on any atom is -0.466 e. The van der Waals surface area contributed by atoms with Crippen molar-refractivity contribution in [3.8, 4) is 0 Å². The van der Waals surface area contributed by atoms with Crippen molar-refractivity contribution < 1.29 is 24.5 Å². The Morgan fingerprint density at radius 2 is 0.627 bits per heavy atom. The summed E-state index contributed by atoms with van der Waals surface area (Å²) >= 11 is 0. The Bertz CT molecular complexity index is 1170. The van der Waals surface area contributed by atoms with Gasteiger partial charge in [0.05, 0.1) is 25.4 Å². The normalized spacial score (nSPS) is 12.6. The van der Waals surface area contributed by atoms with E-state index in [1.165, 1.54) is 308 Å². The first kappa shape index (κ1) is 73.3. The molecule has 1 amide bonds. The molecule has 0 heterocycles. The summed E-state index contributed by atoms with van der Waals surface area (Å²) in [5, 5.41) is 23.3. The van der Waals surface area contributed by atoms with Crippen LogP contribution >= 0.6 is 0 Å². The molecule has 0 aromatic carbocycles. The zero-order chi connectivity index (χ0) is 54.3. The molecule has 3 N–H and O–H groups in total. The van der Waals surface area contributed by atoms with Gasteiger partial charge in [0.15, 0.2) is 0 Å². The van der Waals surface area contributed by atoms with Crippen LogP contribution in [0.5, 0.6) is 0 Å². The van der Waals surface area contributed by atoms with E-state index in [1.54, 1.807) is 6.08 Å². The van der Waals surface area contributed by atoms with Crippen LogP contribution in [-0.2, 0) is 14.3 Å². The molecule has 0 rings (SSSR count). The molecule has 0 aliphatic rings. The van der Waals surface area contributed by atoms with Gasteiger partial charge in [-0.15, -0.1) is 0 Å². The van der Waals surface area contributed by atoms with Crippen LogP contribution in [0.2, 0.25) is 0 Å². The van der Waals surface area contributed by atoms with Crippen molar-refractivity contribution in [1.82, 2.24) is 5.32 Å². The van der Waals surface area contributed by atoms with Crippen LogP contribution in [0.1, 0.15) is 380 Å². The van der Waals surface area contributed by atoms with Gasteiger partial charge in [-0.2, -0.15) is 0 Å². The Hall–Kier alpha value is -1.66. The molecule has 0 radical (unpaired) electrons. The fraction of sp³-hybridized carbons (Fsp3) is 0.913. The lowest BCUT2D eigenvalue weighted by Crippen LogP contribution is -2.45. The largest absolute Gasteiger partial charge is 0.466 e. The van der Waals surface area contributed by atoms with E-state index in [4.69, 9.17) is 4.74 Å². The smallest absolute Gasteiger partial charge is 0.305 e. The van der Waals surface area contributed by atoms with Crippen LogP contribution < -0.4 is 5.32 Å². The number of amides is 1. The van der Waals surface area contributed by atoms with Gasteiger partial charge in [-0.3, -0.25) is 9.59 Å². The molecule has 0 aromatic heterocycles. The van der Waals surface area contributed by atoms with E-state index in [0.29, 0.717) is 19.4 Å². The summed E-state index contributed by atoms with van der Waals surface area (Å²) in [6.07, 6.45) is 81.0. The lowest BCUT2D eigenvalue weighted by Gasteiger charge is -2.20. The number of aliphatic hydroxyl groups excluding tert-OH is 2. The van der Waals surface area contributed by atoms with Crippen molar-refractivity contribution in [3.05, 3.63) is 24.3 Å². The number of ether oxygens (including phenoxy) is 1. The summed E-state index contributed by atoms with van der Waals surface area (Å²) in [7, 11) is 0. The Morgan fingerprint density at radius 1 is 0.360 bits per heavy atom. The van der Waals surface area contributed by atoms with E-state index < -0.39 is 12.1 Å². The van der Waals surface area contributed by atoms with Crippen LogP contribution in [0, 0.1) is 0 Å². The summed E-state index contributed by atoms with van der Waals surface area (Å²) in [5.41, 5.74) is 0. The Morgan fingerprint density at radius 3 is 0.947 bits per heavy atom. The van der Waals surface area contributed by atoms with Gasteiger partial charge in [-0.25, -0.2) is 0 Å². The molecule has 0 aliphatic carbocycles. The molecule has 0 aromatic rings. The zero-order valence-corrected chi connectivity index (χ0v) is 50.8. The fourth-order valence-corrected chi connectivity index (χ4v) is 10.7. The van der Waals surface area contributed by atoms with Gasteiger partial charge in [0, 0.05) is 12.8 Å². The van der Waals surface area contributed by atoms with Gasteiger partial charge in [-0.05, 0) is 57.8 Å². The van der Waals surface area contributed by atoms with Gasteiger partial charge in [0.1, 0.15) is 0 Å². The molecule has 0 aliphatic heterocycles. The van der Waals surface area contributed by atoms with Crippen molar-refractivity contribution in [2.75, 3.05) is 13.2 Å². The van der Waals surface area contributed by atoms with E-state index in [0.717, 1.165) is 44.9 Å². The Balaban J connectivity index is 3.44. The van der Waals surface area contributed by atoms with Crippen molar-refractivity contribution in [2.24, 2.45) is 0 Å². The summed E-state index contributed by atoms with van der Waals surface area (Å²) in [5.74, 6) is -0.0588. The topological polar surface area (TPSA) is 95.9 Å². The highest BCUT2D eigenvalue weighted by Crippen LogP contribution is 2.18. The van der Waals surface area contributed by atoms with Crippen molar-refractivity contribution in [3.63, 3.8) is 0 Å². The van der Waals surface area contributed by atoms with Crippen LogP contribution in [0.4, 0.5) is 0 Å². The number of hydrogen-bond donors (Lipinski definition) is 3. The first-order valence-corrected chi connectivity index (χ1v) is 34.1. The van der Waals surface area contributed by atoms with Crippen LogP contribution in [0.15, 0.2) is 24.3 Å². The first-order chi connectivity index (χ1) is 37.0. The minimum absolute atomic E-state index is 0.0113. The van der Waals surface area contributed by atoms with Gasteiger partial charge in [0.2, 0.25) is 5.91 Å². The SMILES string of the molecule is CCCCCCCCCCCCCCCCCCCCCCCC/C=C/C(O)C(CO)NC(=O)CCCCCCCCC/C=C\CCCCCCCCCCCCCCOC(=O)CCCCCCCCCCCCC. The van der Waals surface area contributed by atoms with E-state index in [9.17, 15) is 19.8 Å². The first-order valence-electron chi connectivity index (χ1n) is 34.1. The average molecular weight is 1060 g/mol. The predicted molar refractivity (Wildman–Crippen MR) is 329 cm³/mol. The lowest BCUT2D eigenvalue weighted by molar-refractivity contribution is -0.143. The number of nitrogens with one attached hydrogen (secondary N) is 1. The molecule has 0 saturated heterocycles. The quantitative estimate of drug-likeness (QED) is 0.0320. The Labute approximate surface area is 469 Å². The summed E-state index contributed by atoms with van der Waals surface area (Å²) in [6, 6.07) is -0.633. The van der Waals surface area contributed by atoms with Gasteiger partial charge in [-0.1, -0.05) is 334 Å². The van der Waals surface area contributed by atoms with Gasteiger partial charge < -0.3 is 20.3 Å². The van der Waals surface area contributed by atoms with Crippen molar-refractivity contribution in [2.45, 2.75) is 392 Å². The fourth-order valence-electron chi connectivity index (χ4n) is 10.7. The highest BCUT2D eigenvalue weighted by atomic mass is 16.5. The second-order valence-corrected chi connectivity index (χ2v) is 23.5. The van der Waals surface area contributed by atoms with Gasteiger partial charge in [0.25, 0.3) is 0 Å². The number of unbranched alkanes of at least 4 members (excludes halogenated alkanes) is 51. The number of aliphatic hydroxyl groups is 2. The third-order valence-corrected chi connectivity index (χ3v) is 16.0. The molecule has 0 spiro atoms. The van der Waals surface area contributed by atoms with Crippen LogP contribution in [-0.4, -0.2) is 47.4 Å². The molecular weight excluding hydrogens is 923 g/mol. The summed E-state index contributed by atoms with van der Waals surface area (Å²) < 4.78 is 5.47. The standard InChI is InChI=1S/C69H133NO5/c1-3-5-7-9-11-13-15-16-17-18-19-20-21-23-26-29-32-35-38-42-45-49-53-57-61-67(72)66(65-71)70-68(73)62-58-54-50-46-43-39-36-33-30-27-24-22-25-28-31-34-37-40-44-48-52-56-60-64-75-69(74)63-59-55-51-47-41-14-12-10-8-6-4-2/h27,30,57,61,66-67,71-72H,3-26,28-29,31-56,58-60,62-65H2,1-2H3,(H,70,73)/b30-27-,61-57+. The summed E-state index contributed by atoms with van der Waals surface area (Å²) in [6.45, 7) is 4.93. The molecule has 0 fully saturated rings. The zero-order valence-electron chi connectivity index (χ0n) is 50.8. The molecular formula is C69H133NO5. The molecule has 6 nitrogen and oxygen atoms in total. The number of allylic oxidation sites excluding steroid dienone is 3. The number of hydrogen-bond acceptors (Lipinski definition) is 5. The lowest BCUT2D eigenvalue weighted by atomic mass is 10.0. The minimum atomic E-state index is -0.849. The van der Waals surface area contributed by atoms with Crippen molar-refractivity contribution in [1.29, 1.82) is 0 Å².